The van der Waals surface area contributed by atoms with Gasteiger partial charge in [0.1, 0.15) is 5.82 Å². The van der Waals surface area contributed by atoms with Crippen LogP contribution in [0, 0.1) is 17.8 Å². The van der Waals surface area contributed by atoms with Gasteiger partial charge in [0.25, 0.3) is 0 Å². The highest BCUT2D eigenvalue weighted by atomic mass is 35.5. The molecule has 3 fully saturated rings. The molecule has 5 nitrogen and oxygen atoms in total. The van der Waals surface area contributed by atoms with E-state index in [4.69, 9.17) is 16.3 Å². The minimum Gasteiger partial charge on any atom is -0.466 e. The molecule has 2 atom stereocenters. The number of hydrogen-bond acceptors (Lipinski definition) is 6. The van der Waals surface area contributed by atoms with Crippen LogP contribution < -0.4 is 5.32 Å². The number of nitrogens with zero attached hydrogens (tertiary/aromatic N) is 2. The summed E-state index contributed by atoms with van der Waals surface area (Å²) in [5.74, 6) is 1.29. The van der Waals surface area contributed by atoms with Gasteiger partial charge in [-0.2, -0.15) is 0 Å². The Morgan fingerprint density at radius 1 is 1.17 bits per heavy atom. The molecule has 2 heterocycles. The van der Waals surface area contributed by atoms with Gasteiger partial charge in [-0.25, -0.2) is 9.97 Å². The fourth-order valence-corrected chi connectivity index (χ4v) is 6.34. The molecule has 7 heteroatoms. The molecule has 0 saturated heterocycles. The zero-order valence-electron chi connectivity index (χ0n) is 16.8. The SMILES string of the molecule is CCOC(=O)[C@@H]1C2CCC(CC2)[C@H]1Nc1cc(-c2cc3ccccc3s2)nc(Cl)n1. The average molecular weight is 442 g/mol. The van der Waals surface area contributed by atoms with Crippen molar-refractivity contribution in [3.8, 4) is 10.6 Å². The third-order valence-corrected chi connectivity index (χ3v) is 7.78. The largest absolute Gasteiger partial charge is 0.466 e. The number of hydrogen-bond donors (Lipinski definition) is 1. The second-order valence-corrected chi connectivity index (χ2v) is 9.60. The zero-order chi connectivity index (χ0) is 20.7. The number of halogens is 1. The van der Waals surface area contributed by atoms with E-state index in [1.165, 1.54) is 10.1 Å². The lowest BCUT2D eigenvalue weighted by atomic mass is 9.61. The molecule has 3 aliphatic rings. The number of rotatable bonds is 5. The number of thiophene rings is 1. The lowest BCUT2D eigenvalue weighted by Crippen LogP contribution is -2.52. The molecule has 6 rings (SSSR count). The van der Waals surface area contributed by atoms with Gasteiger partial charge in [-0.05, 0) is 73.6 Å². The van der Waals surface area contributed by atoms with Crippen LogP contribution in [-0.4, -0.2) is 28.6 Å². The van der Waals surface area contributed by atoms with Gasteiger partial charge < -0.3 is 10.1 Å². The summed E-state index contributed by atoms with van der Waals surface area (Å²) in [4.78, 5) is 22.7. The zero-order valence-corrected chi connectivity index (χ0v) is 18.4. The quantitative estimate of drug-likeness (QED) is 0.401. The Kier molecular flexibility index (Phi) is 5.37. The van der Waals surface area contributed by atoms with Crippen LogP contribution in [0.15, 0.2) is 36.4 Å². The van der Waals surface area contributed by atoms with E-state index in [0.29, 0.717) is 24.3 Å². The first-order chi connectivity index (χ1) is 14.6. The fourth-order valence-electron chi connectivity index (χ4n) is 5.13. The monoisotopic (exact) mass is 441 g/mol. The van der Waals surface area contributed by atoms with Crippen LogP contribution >= 0.6 is 22.9 Å². The molecule has 156 valence electrons. The molecule has 0 radical (unpaired) electrons. The third kappa shape index (κ3) is 3.67. The molecule has 3 aliphatic carbocycles. The first-order valence-electron chi connectivity index (χ1n) is 10.6. The summed E-state index contributed by atoms with van der Waals surface area (Å²) in [6.45, 7) is 2.28. The summed E-state index contributed by atoms with van der Waals surface area (Å²) in [6.07, 6.45) is 4.48. The van der Waals surface area contributed by atoms with Crippen LogP contribution in [0.25, 0.3) is 20.7 Å². The minimum absolute atomic E-state index is 0.0257. The van der Waals surface area contributed by atoms with Crippen LogP contribution in [-0.2, 0) is 9.53 Å². The molecular weight excluding hydrogens is 418 g/mol. The molecule has 3 aromatic rings. The molecule has 0 unspecified atom stereocenters. The Labute approximate surface area is 184 Å². The van der Waals surface area contributed by atoms with Crippen molar-refractivity contribution in [3.63, 3.8) is 0 Å². The van der Waals surface area contributed by atoms with E-state index >= 15 is 0 Å². The van der Waals surface area contributed by atoms with Gasteiger partial charge in [0.05, 0.1) is 23.1 Å². The van der Waals surface area contributed by atoms with Crippen molar-refractivity contribution >= 4 is 44.8 Å². The highest BCUT2D eigenvalue weighted by Crippen LogP contribution is 2.47. The standard InChI is InChI=1S/C23H24ClN3O2S/c1-2-29-22(28)20-13-7-9-14(10-8-13)21(20)26-19-12-16(25-23(24)27-19)18-11-15-5-3-4-6-17(15)30-18/h3-6,11-14,20-21H,2,7-10H2,1H3,(H,25,26,27)/t13?,14?,20-,21-/m1/s1. The van der Waals surface area contributed by atoms with Crippen LogP contribution in [0.4, 0.5) is 5.82 Å². The number of nitrogens with one attached hydrogen (secondary N) is 1. The number of benzene rings is 1. The minimum atomic E-state index is -0.126. The van der Waals surface area contributed by atoms with Gasteiger partial charge in [0, 0.05) is 16.8 Å². The fraction of sp³-hybridized carbons (Fsp3) is 0.435. The lowest BCUT2D eigenvalue weighted by molar-refractivity contribution is -0.154. The molecule has 1 aromatic carbocycles. The number of aromatic nitrogens is 2. The molecule has 3 saturated carbocycles. The van der Waals surface area contributed by atoms with Gasteiger partial charge in [-0.15, -0.1) is 11.3 Å². The summed E-state index contributed by atoms with van der Waals surface area (Å²) >= 11 is 7.98. The van der Waals surface area contributed by atoms with Crippen molar-refractivity contribution < 1.29 is 9.53 Å². The molecule has 0 aliphatic heterocycles. The summed E-state index contributed by atoms with van der Waals surface area (Å²) < 4.78 is 6.63. The third-order valence-electron chi connectivity index (χ3n) is 6.47. The molecule has 1 N–H and O–H groups in total. The van der Waals surface area contributed by atoms with Crippen LogP contribution in [0.1, 0.15) is 32.6 Å². The van der Waals surface area contributed by atoms with Gasteiger partial charge in [0.2, 0.25) is 5.28 Å². The number of carbonyl (C=O) groups excluding carboxylic acids is 1. The second-order valence-electron chi connectivity index (χ2n) is 8.18. The molecular formula is C23H24ClN3O2S. The van der Waals surface area contributed by atoms with Crippen molar-refractivity contribution in [2.75, 3.05) is 11.9 Å². The number of anilines is 1. The maximum Gasteiger partial charge on any atom is 0.311 e. The summed E-state index contributed by atoms with van der Waals surface area (Å²) in [7, 11) is 0. The topological polar surface area (TPSA) is 64.1 Å². The Morgan fingerprint density at radius 2 is 1.93 bits per heavy atom. The van der Waals surface area contributed by atoms with Gasteiger partial charge in [0.15, 0.2) is 0 Å². The molecule has 30 heavy (non-hydrogen) atoms. The first-order valence-corrected chi connectivity index (χ1v) is 11.8. The van der Waals surface area contributed by atoms with E-state index in [1.807, 2.05) is 25.1 Å². The van der Waals surface area contributed by atoms with E-state index in [-0.39, 0.29) is 23.2 Å². The van der Waals surface area contributed by atoms with Crippen LogP contribution in [0.2, 0.25) is 5.28 Å². The average Bonchev–Trinajstić information content (AvgIpc) is 3.19. The maximum absolute atomic E-state index is 12.7. The van der Waals surface area contributed by atoms with Crippen molar-refractivity contribution in [2.45, 2.75) is 38.6 Å². The summed E-state index contributed by atoms with van der Waals surface area (Å²) in [6, 6.07) is 12.4. The van der Waals surface area contributed by atoms with Crippen molar-refractivity contribution in [3.05, 3.63) is 41.7 Å². The predicted octanol–water partition coefficient (Wildman–Crippen LogP) is 5.79. The van der Waals surface area contributed by atoms with Crippen LogP contribution in [0.5, 0.6) is 0 Å². The predicted molar refractivity (Wildman–Crippen MR) is 121 cm³/mol. The van der Waals surface area contributed by atoms with E-state index in [2.05, 4.69) is 33.5 Å². The lowest BCUT2D eigenvalue weighted by Gasteiger charge is -2.47. The number of fused-ring (bicyclic) bond motifs is 4. The van der Waals surface area contributed by atoms with Crippen LogP contribution in [0.3, 0.4) is 0 Å². The van der Waals surface area contributed by atoms with E-state index < -0.39 is 0 Å². The number of esters is 1. The number of ether oxygens (including phenoxy) is 1. The highest BCUT2D eigenvalue weighted by Gasteiger charge is 2.48. The molecule has 0 amide bonds. The maximum atomic E-state index is 12.7. The van der Waals surface area contributed by atoms with Crippen molar-refractivity contribution in [1.82, 2.24) is 9.97 Å². The summed E-state index contributed by atoms with van der Waals surface area (Å²) in [5.41, 5.74) is 0.798. The smallest absolute Gasteiger partial charge is 0.311 e. The van der Waals surface area contributed by atoms with Gasteiger partial charge >= 0.3 is 5.97 Å². The second kappa shape index (κ2) is 8.16. The van der Waals surface area contributed by atoms with E-state index in [1.54, 1.807) is 11.3 Å². The molecule has 0 spiro atoms. The van der Waals surface area contributed by atoms with E-state index in [0.717, 1.165) is 36.3 Å². The summed E-state index contributed by atoms with van der Waals surface area (Å²) in [5, 5.41) is 4.95. The molecule has 2 aromatic heterocycles. The Balaban J connectivity index is 1.46. The molecule has 2 bridgehead atoms. The Hall–Kier alpha value is -2.18. The Morgan fingerprint density at radius 3 is 2.70 bits per heavy atom. The van der Waals surface area contributed by atoms with E-state index in [9.17, 15) is 4.79 Å². The first kappa shape index (κ1) is 19.8. The highest BCUT2D eigenvalue weighted by molar-refractivity contribution is 7.22. The normalized spacial score (nSPS) is 25.4. The van der Waals surface area contributed by atoms with Crippen molar-refractivity contribution in [1.29, 1.82) is 0 Å². The van der Waals surface area contributed by atoms with Gasteiger partial charge in [-0.3, -0.25) is 4.79 Å². The van der Waals surface area contributed by atoms with Crippen molar-refractivity contribution in [2.24, 2.45) is 17.8 Å². The Bertz CT molecular complexity index is 1040. The number of carbonyl (C=O) groups is 1. The van der Waals surface area contributed by atoms with Gasteiger partial charge in [-0.1, -0.05) is 18.2 Å².